The summed E-state index contributed by atoms with van der Waals surface area (Å²) >= 11 is 0. The Bertz CT molecular complexity index is 269. The lowest BCUT2D eigenvalue weighted by molar-refractivity contribution is -0.120. The average molecular weight is 177 g/mol. The maximum Gasteiger partial charge on any atom is 0.132 e. The summed E-state index contributed by atoms with van der Waals surface area (Å²) in [7, 11) is 0. The predicted octanol–water partition coefficient (Wildman–Crippen LogP) is 2.24. The van der Waals surface area contributed by atoms with Gasteiger partial charge < -0.3 is 0 Å². The summed E-state index contributed by atoms with van der Waals surface area (Å²) in [6, 6.07) is 5.87. The minimum Gasteiger partial charge on any atom is -0.300 e. The van der Waals surface area contributed by atoms with Gasteiger partial charge in [-0.1, -0.05) is 13.0 Å². The fourth-order valence-corrected chi connectivity index (χ4v) is 1.11. The zero-order valence-corrected chi connectivity index (χ0v) is 8.16. The van der Waals surface area contributed by atoms with Crippen molar-refractivity contribution in [2.75, 3.05) is 0 Å². The van der Waals surface area contributed by atoms with Crippen LogP contribution in [0.3, 0.4) is 0 Å². The van der Waals surface area contributed by atoms with Crippen molar-refractivity contribution >= 4 is 5.78 Å². The van der Waals surface area contributed by atoms with E-state index in [2.05, 4.69) is 4.98 Å². The number of nitrogens with zero attached hydrogens (tertiary/aromatic N) is 1. The highest BCUT2D eigenvalue weighted by Crippen LogP contribution is 2.07. The van der Waals surface area contributed by atoms with E-state index < -0.39 is 0 Å². The molecular weight excluding hydrogens is 162 g/mol. The molecule has 0 aliphatic heterocycles. The highest BCUT2D eigenvalue weighted by molar-refractivity contribution is 5.77. The number of hydrogen-bond acceptors (Lipinski definition) is 2. The van der Waals surface area contributed by atoms with Crippen molar-refractivity contribution < 1.29 is 4.79 Å². The van der Waals surface area contributed by atoms with Crippen LogP contribution in [-0.4, -0.2) is 10.8 Å². The standard InChI is InChI=1S/C11H15NO/c1-9(10(2)13)6-7-11-5-3-4-8-12-11/h3-5,8-9H,6-7H2,1-2H3/t9-/m1/s1. The summed E-state index contributed by atoms with van der Waals surface area (Å²) in [5.74, 6) is 0.415. The molecule has 0 bridgehead atoms. The van der Waals surface area contributed by atoms with Gasteiger partial charge in [0.2, 0.25) is 0 Å². The molecule has 1 aromatic rings. The first kappa shape index (κ1) is 9.90. The Labute approximate surface area is 79.0 Å². The molecule has 2 heteroatoms. The fourth-order valence-electron chi connectivity index (χ4n) is 1.11. The Morgan fingerprint density at radius 2 is 2.31 bits per heavy atom. The molecule has 0 N–H and O–H groups in total. The van der Waals surface area contributed by atoms with E-state index in [0.717, 1.165) is 18.5 Å². The van der Waals surface area contributed by atoms with Crippen molar-refractivity contribution in [2.24, 2.45) is 5.92 Å². The van der Waals surface area contributed by atoms with Gasteiger partial charge in [0, 0.05) is 17.8 Å². The van der Waals surface area contributed by atoms with E-state index in [0.29, 0.717) is 0 Å². The first-order valence-corrected chi connectivity index (χ1v) is 4.60. The molecule has 13 heavy (non-hydrogen) atoms. The van der Waals surface area contributed by atoms with Gasteiger partial charge in [-0.2, -0.15) is 0 Å². The molecule has 1 aromatic heterocycles. The second kappa shape index (κ2) is 4.75. The van der Waals surface area contributed by atoms with E-state index in [4.69, 9.17) is 0 Å². The Morgan fingerprint density at radius 1 is 1.54 bits per heavy atom. The molecule has 0 saturated carbocycles. The Balaban J connectivity index is 2.39. The molecule has 0 unspecified atom stereocenters. The number of pyridine rings is 1. The van der Waals surface area contributed by atoms with Gasteiger partial charge in [-0.15, -0.1) is 0 Å². The lowest BCUT2D eigenvalue weighted by Crippen LogP contribution is -2.07. The van der Waals surface area contributed by atoms with Crippen molar-refractivity contribution in [3.63, 3.8) is 0 Å². The normalized spacial score (nSPS) is 12.5. The van der Waals surface area contributed by atoms with Gasteiger partial charge in [0.25, 0.3) is 0 Å². The molecule has 70 valence electrons. The second-order valence-corrected chi connectivity index (χ2v) is 3.37. The highest BCUT2D eigenvalue weighted by Gasteiger charge is 2.07. The lowest BCUT2D eigenvalue weighted by Gasteiger charge is -2.05. The molecule has 0 radical (unpaired) electrons. The quantitative estimate of drug-likeness (QED) is 0.706. The topological polar surface area (TPSA) is 30.0 Å². The van der Waals surface area contributed by atoms with E-state index in [1.54, 1.807) is 13.1 Å². The molecule has 0 fully saturated rings. The van der Waals surface area contributed by atoms with Gasteiger partial charge in [-0.05, 0) is 31.9 Å². The SMILES string of the molecule is CC(=O)[C@H](C)CCc1ccccn1. The molecule has 0 aliphatic rings. The number of carbonyl (C=O) groups excluding carboxylic acids is 1. The zero-order valence-electron chi connectivity index (χ0n) is 8.16. The summed E-state index contributed by atoms with van der Waals surface area (Å²) in [5, 5.41) is 0. The maximum atomic E-state index is 10.9. The smallest absolute Gasteiger partial charge is 0.132 e. The van der Waals surface area contributed by atoms with Crippen molar-refractivity contribution in [1.82, 2.24) is 4.98 Å². The van der Waals surface area contributed by atoms with E-state index in [1.165, 1.54) is 0 Å². The number of aromatic nitrogens is 1. The largest absolute Gasteiger partial charge is 0.300 e. The molecule has 0 saturated heterocycles. The van der Waals surface area contributed by atoms with Crippen LogP contribution < -0.4 is 0 Å². The minimum absolute atomic E-state index is 0.155. The van der Waals surface area contributed by atoms with Gasteiger partial charge >= 0.3 is 0 Å². The van der Waals surface area contributed by atoms with Crippen molar-refractivity contribution in [3.05, 3.63) is 30.1 Å². The number of aryl methyl sites for hydroxylation is 1. The van der Waals surface area contributed by atoms with Gasteiger partial charge in [-0.25, -0.2) is 0 Å². The average Bonchev–Trinajstić information content (AvgIpc) is 2.15. The Morgan fingerprint density at radius 3 is 2.85 bits per heavy atom. The van der Waals surface area contributed by atoms with Crippen molar-refractivity contribution in [1.29, 1.82) is 0 Å². The van der Waals surface area contributed by atoms with Crippen LogP contribution in [0.4, 0.5) is 0 Å². The number of ketones is 1. The van der Waals surface area contributed by atoms with Crippen LogP contribution in [0.5, 0.6) is 0 Å². The number of Topliss-reactive ketones (excluding diaryl/α,β-unsaturated/α-hetero) is 1. The fraction of sp³-hybridized carbons (Fsp3) is 0.455. The first-order valence-electron chi connectivity index (χ1n) is 4.60. The lowest BCUT2D eigenvalue weighted by atomic mass is 10.0. The van der Waals surface area contributed by atoms with Crippen molar-refractivity contribution in [2.45, 2.75) is 26.7 Å². The molecule has 1 atom stereocenters. The third kappa shape index (κ3) is 3.36. The molecule has 0 aliphatic carbocycles. The molecular formula is C11H15NO. The van der Waals surface area contributed by atoms with Crippen LogP contribution >= 0.6 is 0 Å². The number of carbonyl (C=O) groups is 1. The maximum absolute atomic E-state index is 10.9. The number of rotatable bonds is 4. The Kier molecular flexibility index (Phi) is 3.62. The Hall–Kier alpha value is -1.18. The molecule has 1 rings (SSSR count). The van der Waals surface area contributed by atoms with E-state index in [-0.39, 0.29) is 11.7 Å². The zero-order chi connectivity index (χ0) is 9.68. The van der Waals surface area contributed by atoms with Gasteiger partial charge in [0.15, 0.2) is 0 Å². The third-order valence-electron chi connectivity index (χ3n) is 2.25. The van der Waals surface area contributed by atoms with E-state index in [9.17, 15) is 4.79 Å². The van der Waals surface area contributed by atoms with Gasteiger partial charge in [0.05, 0.1) is 0 Å². The van der Waals surface area contributed by atoms with Crippen LogP contribution in [0, 0.1) is 5.92 Å². The molecule has 0 aromatic carbocycles. The monoisotopic (exact) mass is 177 g/mol. The molecule has 2 nitrogen and oxygen atoms in total. The van der Waals surface area contributed by atoms with Crippen LogP contribution in [0.15, 0.2) is 24.4 Å². The summed E-state index contributed by atoms with van der Waals surface area (Å²) in [6.45, 7) is 3.61. The van der Waals surface area contributed by atoms with Crippen LogP contribution in [0.25, 0.3) is 0 Å². The summed E-state index contributed by atoms with van der Waals surface area (Å²) < 4.78 is 0. The second-order valence-electron chi connectivity index (χ2n) is 3.37. The predicted molar refractivity (Wildman–Crippen MR) is 52.4 cm³/mol. The summed E-state index contributed by atoms with van der Waals surface area (Å²) in [5.41, 5.74) is 1.07. The molecule has 1 heterocycles. The van der Waals surface area contributed by atoms with E-state index >= 15 is 0 Å². The molecule has 0 spiro atoms. The minimum atomic E-state index is 0.155. The first-order chi connectivity index (χ1) is 6.20. The van der Waals surface area contributed by atoms with Gasteiger partial charge in [-0.3, -0.25) is 9.78 Å². The van der Waals surface area contributed by atoms with Crippen LogP contribution in [0.2, 0.25) is 0 Å². The van der Waals surface area contributed by atoms with Crippen molar-refractivity contribution in [3.8, 4) is 0 Å². The summed E-state index contributed by atoms with van der Waals surface area (Å²) in [6.07, 6.45) is 3.57. The highest BCUT2D eigenvalue weighted by atomic mass is 16.1. The van der Waals surface area contributed by atoms with Crippen LogP contribution in [0.1, 0.15) is 26.0 Å². The third-order valence-corrected chi connectivity index (χ3v) is 2.25. The number of hydrogen-bond donors (Lipinski definition) is 0. The van der Waals surface area contributed by atoms with Gasteiger partial charge in [0.1, 0.15) is 5.78 Å². The van der Waals surface area contributed by atoms with Crippen LogP contribution in [-0.2, 0) is 11.2 Å². The van der Waals surface area contributed by atoms with E-state index in [1.807, 2.05) is 25.1 Å². The summed E-state index contributed by atoms with van der Waals surface area (Å²) in [4.78, 5) is 15.1. The molecule has 0 amide bonds.